The quantitative estimate of drug-likeness (QED) is 0.893. The number of nitrogens with zero attached hydrogens (tertiary/aromatic N) is 2. The van der Waals surface area contributed by atoms with Gasteiger partial charge < -0.3 is 10.1 Å². The summed E-state index contributed by atoms with van der Waals surface area (Å²) in [5, 5.41) is 2.69. The third-order valence-corrected chi connectivity index (χ3v) is 4.95. The number of hydrogen-bond donors (Lipinski definition) is 1. The van der Waals surface area contributed by atoms with E-state index in [1.165, 1.54) is 6.07 Å². The summed E-state index contributed by atoms with van der Waals surface area (Å²) in [4.78, 5) is 16.9. The Morgan fingerprint density at radius 2 is 2.08 bits per heavy atom. The Hall–Kier alpha value is -1.50. The molecule has 2 aliphatic heterocycles. The van der Waals surface area contributed by atoms with Crippen molar-refractivity contribution in [3.8, 4) is 0 Å². The molecule has 2 aliphatic rings. The Labute approximate surface area is 142 Å². The molecular formula is C18H26FN3O2. The number of hydrogen-bond acceptors (Lipinski definition) is 4. The minimum Gasteiger partial charge on any atom is -0.377 e. The van der Waals surface area contributed by atoms with Gasteiger partial charge in [0.1, 0.15) is 5.82 Å². The van der Waals surface area contributed by atoms with E-state index in [0.717, 1.165) is 52.2 Å². The van der Waals surface area contributed by atoms with Crippen LogP contribution in [-0.2, 0) is 9.53 Å². The molecule has 0 bridgehead atoms. The maximum absolute atomic E-state index is 13.7. The third kappa shape index (κ3) is 4.32. The molecule has 2 atom stereocenters. The number of ether oxygens (including phenoxy) is 1. The number of amides is 1. The summed E-state index contributed by atoms with van der Waals surface area (Å²) in [5.41, 5.74) is 0.242. The number of anilines is 1. The van der Waals surface area contributed by atoms with Gasteiger partial charge in [0.15, 0.2) is 0 Å². The number of piperazine rings is 1. The summed E-state index contributed by atoms with van der Waals surface area (Å²) < 4.78 is 19.3. The van der Waals surface area contributed by atoms with E-state index in [4.69, 9.17) is 4.74 Å². The van der Waals surface area contributed by atoms with Crippen molar-refractivity contribution in [1.29, 1.82) is 0 Å². The summed E-state index contributed by atoms with van der Waals surface area (Å²) >= 11 is 0. The van der Waals surface area contributed by atoms with Crippen LogP contribution in [0, 0.1) is 5.82 Å². The summed E-state index contributed by atoms with van der Waals surface area (Å²) in [6.07, 6.45) is 2.69. The van der Waals surface area contributed by atoms with Gasteiger partial charge in [-0.05, 0) is 31.9 Å². The van der Waals surface area contributed by atoms with Gasteiger partial charge in [0.2, 0.25) is 5.91 Å². The first-order valence-corrected chi connectivity index (χ1v) is 8.77. The predicted molar refractivity (Wildman–Crippen MR) is 91.5 cm³/mol. The first-order chi connectivity index (χ1) is 11.6. The average Bonchev–Trinajstić information content (AvgIpc) is 3.10. The van der Waals surface area contributed by atoms with Crippen LogP contribution in [-0.4, -0.2) is 67.2 Å². The zero-order chi connectivity index (χ0) is 16.9. The highest BCUT2D eigenvalue weighted by Crippen LogP contribution is 2.16. The molecule has 0 radical (unpaired) electrons. The van der Waals surface area contributed by atoms with Gasteiger partial charge in [-0.25, -0.2) is 4.39 Å². The number of carbonyl (C=O) groups excluding carboxylic acids is 1. The lowest BCUT2D eigenvalue weighted by Crippen LogP contribution is -2.53. The zero-order valence-electron chi connectivity index (χ0n) is 14.2. The highest BCUT2D eigenvalue weighted by Gasteiger charge is 2.27. The molecule has 2 heterocycles. The van der Waals surface area contributed by atoms with Crippen molar-refractivity contribution in [2.75, 3.05) is 44.6 Å². The Morgan fingerprint density at radius 3 is 2.75 bits per heavy atom. The molecule has 0 aliphatic carbocycles. The normalized spacial score (nSPS) is 24.0. The van der Waals surface area contributed by atoms with Crippen LogP contribution >= 0.6 is 0 Å². The van der Waals surface area contributed by atoms with E-state index in [2.05, 4.69) is 15.1 Å². The smallest absolute Gasteiger partial charge is 0.241 e. The van der Waals surface area contributed by atoms with E-state index >= 15 is 0 Å². The number of halogens is 1. The van der Waals surface area contributed by atoms with Gasteiger partial charge in [-0.15, -0.1) is 0 Å². The molecule has 1 aromatic rings. The SMILES string of the molecule is C[C@@H](C(=O)Nc1ccccc1F)N1CCN(C[C@@H]2CCCO2)CC1. The first kappa shape index (κ1) is 17.3. The monoisotopic (exact) mass is 335 g/mol. The molecule has 1 aromatic carbocycles. The fraction of sp³-hybridized carbons (Fsp3) is 0.611. The van der Waals surface area contributed by atoms with Gasteiger partial charge in [0.05, 0.1) is 17.8 Å². The lowest BCUT2D eigenvalue weighted by molar-refractivity contribution is -0.121. The topological polar surface area (TPSA) is 44.8 Å². The summed E-state index contributed by atoms with van der Waals surface area (Å²) in [6, 6.07) is 5.99. The number of rotatable bonds is 5. The van der Waals surface area contributed by atoms with Crippen LogP contribution in [0.4, 0.5) is 10.1 Å². The molecule has 2 saturated heterocycles. The Kier molecular flexibility index (Phi) is 5.81. The Morgan fingerprint density at radius 1 is 1.33 bits per heavy atom. The third-order valence-electron chi connectivity index (χ3n) is 4.95. The first-order valence-electron chi connectivity index (χ1n) is 8.77. The molecule has 24 heavy (non-hydrogen) atoms. The van der Waals surface area contributed by atoms with E-state index in [9.17, 15) is 9.18 Å². The van der Waals surface area contributed by atoms with Crippen molar-refractivity contribution < 1.29 is 13.9 Å². The van der Waals surface area contributed by atoms with Crippen LogP contribution in [0.25, 0.3) is 0 Å². The highest BCUT2D eigenvalue weighted by molar-refractivity contribution is 5.94. The second-order valence-electron chi connectivity index (χ2n) is 6.62. The second kappa shape index (κ2) is 8.05. The van der Waals surface area contributed by atoms with E-state index < -0.39 is 5.82 Å². The molecule has 0 aromatic heterocycles. The van der Waals surface area contributed by atoms with Crippen molar-refractivity contribution in [1.82, 2.24) is 9.80 Å². The summed E-state index contributed by atoms with van der Waals surface area (Å²) in [5.74, 6) is -0.563. The highest BCUT2D eigenvalue weighted by atomic mass is 19.1. The zero-order valence-corrected chi connectivity index (χ0v) is 14.2. The Bertz CT molecular complexity index is 555. The largest absolute Gasteiger partial charge is 0.377 e. The van der Waals surface area contributed by atoms with Gasteiger partial charge >= 0.3 is 0 Å². The van der Waals surface area contributed by atoms with Gasteiger partial charge in [-0.1, -0.05) is 12.1 Å². The van der Waals surface area contributed by atoms with Crippen molar-refractivity contribution in [3.05, 3.63) is 30.1 Å². The van der Waals surface area contributed by atoms with Gasteiger partial charge in [0.25, 0.3) is 0 Å². The molecule has 2 fully saturated rings. The van der Waals surface area contributed by atoms with E-state index in [1.54, 1.807) is 18.2 Å². The molecule has 6 heteroatoms. The number of nitrogens with one attached hydrogen (secondary N) is 1. The maximum atomic E-state index is 13.7. The molecule has 3 rings (SSSR count). The minimum atomic E-state index is -0.403. The number of carbonyl (C=O) groups is 1. The molecule has 132 valence electrons. The van der Waals surface area contributed by atoms with E-state index in [0.29, 0.717) is 6.10 Å². The standard InChI is InChI=1S/C18H26FN3O2/c1-14(18(23)20-17-7-3-2-6-16(17)19)22-10-8-21(9-11-22)13-15-5-4-12-24-15/h2-3,6-7,14-15H,4-5,8-13H2,1H3,(H,20,23)/t14-,15-/m0/s1. The van der Waals surface area contributed by atoms with Crippen LogP contribution < -0.4 is 5.32 Å². The van der Waals surface area contributed by atoms with E-state index in [1.807, 2.05) is 6.92 Å². The van der Waals surface area contributed by atoms with Crippen LogP contribution in [0.3, 0.4) is 0 Å². The second-order valence-corrected chi connectivity index (χ2v) is 6.62. The van der Waals surface area contributed by atoms with Crippen LogP contribution in [0.1, 0.15) is 19.8 Å². The molecule has 1 N–H and O–H groups in total. The maximum Gasteiger partial charge on any atom is 0.241 e. The molecule has 0 unspecified atom stereocenters. The Balaban J connectivity index is 1.46. The average molecular weight is 335 g/mol. The summed E-state index contributed by atoms with van der Waals surface area (Å²) in [7, 11) is 0. The molecule has 0 spiro atoms. The molecule has 0 saturated carbocycles. The van der Waals surface area contributed by atoms with Crippen LogP contribution in [0.2, 0.25) is 0 Å². The van der Waals surface area contributed by atoms with Crippen molar-refractivity contribution in [3.63, 3.8) is 0 Å². The number of para-hydroxylation sites is 1. The number of benzene rings is 1. The lowest BCUT2D eigenvalue weighted by Gasteiger charge is -2.38. The van der Waals surface area contributed by atoms with Crippen LogP contribution in [0.15, 0.2) is 24.3 Å². The van der Waals surface area contributed by atoms with Crippen molar-refractivity contribution >= 4 is 11.6 Å². The van der Waals surface area contributed by atoms with Gasteiger partial charge in [0, 0.05) is 39.3 Å². The fourth-order valence-electron chi connectivity index (χ4n) is 3.38. The summed E-state index contributed by atoms with van der Waals surface area (Å²) in [6.45, 7) is 7.33. The lowest BCUT2D eigenvalue weighted by atomic mass is 10.2. The van der Waals surface area contributed by atoms with Crippen molar-refractivity contribution in [2.24, 2.45) is 0 Å². The van der Waals surface area contributed by atoms with Crippen LogP contribution in [0.5, 0.6) is 0 Å². The molecule has 1 amide bonds. The predicted octanol–water partition coefficient (Wildman–Crippen LogP) is 1.95. The minimum absolute atomic E-state index is 0.160. The van der Waals surface area contributed by atoms with E-state index in [-0.39, 0.29) is 17.6 Å². The van der Waals surface area contributed by atoms with Crippen molar-refractivity contribution in [2.45, 2.75) is 31.9 Å². The van der Waals surface area contributed by atoms with Gasteiger partial charge in [-0.2, -0.15) is 0 Å². The fourth-order valence-corrected chi connectivity index (χ4v) is 3.38. The molecular weight excluding hydrogens is 309 g/mol. The molecule has 5 nitrogen and oxygen atoms in total. The van der Waals surface area contributed by atoms with Gasteiger partial charge in [-0.3, -0.25) is 14.6 Å².